The Kier molecular flexibility index (Phi) is 11.2. The fourth-order valence-corrected chi connectivity index (χ4v) is 0.342. The fourth-order valence-electron chi connectivity index (χ4n) is 0.342. The minimum atomic E-state index is -0.833. The normalized spacial score (nSPS) is 6.64. The molecule has 1 aromatic rings. The van der Waals surface area contributed by atoms with E-state index in [0.29, 0.717) is 0 Å². The molecule has 1 N–H and O–H groups in total. The van der Waals surface area contributed by atoms with Crippen LogP contribution in [0.1, 0.15) is 6.92 Å². The SMILES string of the molecule is CC(=O)O.[Ag+].[c-]1ccccc1. The Balaban J connectivity index is 0. The smallest absolute Gasteiger partial charge is 0.481 e. The van der Waals surface area contributed by atoms with Gasteiger partial charge in [-0.25, -0.2) is 0 Å². The molecule has 0 spiro atoms. The van der Waals surface area contributed by atoms with Crippen LogP contribution in [0.2, 0.25) is 0 Å². The van der Waals surface area contributed by atoms with Gasteiger partial charge in [0.1, 0.15) is 0 Å². The van der Waals surface area contributed by atoms with Gasteiger partial charge in [-0.1, -0.05) is 0 Å². The number of carboxylic acids is 1. The molecule has 0 saturated carbocycles. The molecular formula is C8H9AgO2. The van der Waals surface area contributed by atoms with E-state index in [1.807, 2.05) is 30.3 Å². The Morgan fingerprint density at radius 1 is 1.27 bits per heavy atom. The molecule has 0 atom stereocenters. The van der Waals surface area contributed by atoms with Crippen molar-refractivity contribution in [3.8, 4) is 0 Å². The first-order valence-corrected chi connectivity index (χ1v) is 2.84. The van der Waals surface area contributed by atoms with Gasteiger partial charge in [-0.15, -0.1) is 0 Å². The number of hydrogen-bond donors (Lipinski definition) is 1. The predicted molar refractivity (Wildman–Crippen MR) is 38.6 cm³/mol. The largest absolute Gasteiger partial charge is 1.00 e. The molecule has 0 aliphatic rings. The number of aliphatic carboxylic acids is 1. The minimum Gasteiger partial charge on any atom is -0.481 e. The second kappa shape index (κ2) is 9.43. The number of hydrogen-bond acceptors (Lipinski definition) is 1. The van der Waals surface area contributed by atoms with E-state index in [0.717, 1.165) is 6.92 Å². The van der Waals surface area contributed by atoms with Crippen LogP contribution in [-0.2, 0) is 27.2 Å². The van der Waals surface area contributed by atoms with Crippen molar-refractivity contribution in [2.75, 3.05) is 0 Å². The first kappa shape index (κ1) is 13.1. The zero-order valence-corrected chi connectivity index (χ0v) is 7.53. The molecular weight excluding hydrogens is 236 g/mol. The summed E-state index contributed by atoms with van der Waals surface area (Å²) < 4.78 is 0. The van der Waals surface area contributed by atoms with Crippen molar-refractivity contribution in [3.05, 3.63) is 36.4 Å². The first-order chi connectivity index (χ1) is 4.73. The molecule has 0 aromatic heterocycles. The van der Waals surface area contributed by atoms with Gasteiger partial charge in [-0.05, 0) is 0 Å². The standard InChI is InChI=1S/C6H5.C2H4O2.Ag/c1-2-4-6-5-3-1;1-2(3)4;/h1-5H;1H3,(H,3,4);/q-1;;+1. The van der Waals surface area contributed by atoms with Crippen molar-refractivity contribution in [1.29, 1.82) is 0 Å². The van der Waals surface area contributed by atoms with Gasteiger partial charge in [0.15, 0.2) is 0 Å². The molecule has 0 bridgehead atoms. The summed E-state index contributed by atoms with van der Waals surface area (Å²) in [7, 11) is 0. The van der Waals surface area contributed by atoms with Crippen molar-refractivity contribution in [2.24, 2.45) is 0 Å². The zero-order valence-electron chi connectivity index (χ0n) is 6.04. The first-order valence-electron chi connectivity index (χ1n) is 2.84. The average Bonchev–Trinajstić information content (AvgIpc) is 1.90. The van der Waals surface area contributed by atoms with Crippen molar-refractivity contribution >= 4 is 5.97 Å². The maximum Gasteiger partial charge on any atom is 1.00 e. The average molecular weight is 245 g/mol. The Hall–Kier alpha value is -0.570. The number of carbonyl (C=O) groups is 1. The van der Waals surface area contributed by atoms with Crippen molar-refractivity contribution in [3.63, 3.8) is 0 Å². The maximum absolute atomic E-state index is 9.00. The third kappa shape index (κ3) is 17.7. The monoisotopic (exact) mass is 244 g/mol. The number of benzene rings is 1. The van der Waals surface area contributed by atoms with E-state index in [1.165, 1.54) is 0 Å². The molecule has 0 fully saturated rings. The molecule has 2 nitrogen and oxygen atoms in total. The molecule has 0 unspecified atom stereocenters. The third-order valence-corrected chi connectivity index (χ3v) is 0.607. The second-order valence-electron chi connectivity index (χ2n) is 1.60. The van der Waals surface area contributed by atoms with E-state index in [-0.39, 0.29) is 22.4 Å². The van der Waals surface area contributed by atoms with Crippen LogP contribution in [0.3, 0.4) is 0 Å². The van der Waals surface area contributed by atoms with Crippen molar-refractivity contribution in [1.82, 2.24) is 0 Å². The minimum absolute atomic E-state index is 0. The summed E-state index contributed by atoms with van der Waals surface area (Å²) in [5.74, 6) is -0.833. The summed E-state index contributed by atoms with van der Waals surface area (Å²) in [6.45, 7) is 1.08. The topological polar surface area (TPSA) is 37.3 Å². The van der Waals surface area contributed by atoms with Crippen molar-refractivity contribution < 1.29 is 32.3 Å². The number of rotatable bonds is 0. The zero-order chi connectivity index (χ0) is 7.82. The molecule has 0 aliphatic carbocycles. The summed E-state index contributed by atoms with van der Waals surface area (Å²) >= 11 is 0. The molecule has 1 aromatic carbocycles. The predicted octanol–water partition coefficient (Wildman–Crippen LogP) is 1.58. The summed E-state index contributed by atoms with van der Waals surface area (Å²) in [5, 5.41) is 7.42. The van der Waals surface area contributed by atoms with Gasteiger partial charge in [0.05, 0.1) is 0 Å². The Labute approximate surface area is 81.8 Å². The molecule has 11 heavy (non-hydrogen) atoms. The summed E-state index contributed by atoms with van der Waals surface area (Å²) in [4.78, 5) is 9.00. The molecule has 0 radical (unpaired) electrons. The molecule has 1 rings (SSSR count). The van der Waals surface area contributed by atoms with E-state index in [2.05, 4.69) is 6.07 Å². The van der Waals surface area contributed by atoms with Gasteiger partial charge >= 0.3 is 22.4 Å². The van der Waals surface area contributed by atoms with Crippen LogP contribution in [-0.4, -0.2) is 11.1 Å². The van der Waals surface area contributed by atoms with Crippen LogP contribution in [0.4, 0.5) is 0 Å². The van der Waals surface area contributed by atoms with Gasteiger partial charge in [0, 0.05) is 6.92 Å². The second-order valence-corrected chi connectivity index (χ2v) is 1.60. The molecule has 0 heterocycles. The molecule has 0 saturated heterocycles. The van der Waals surface area contributed by atoms with E-state index in [1.54, 1.807) is 0 Å². The van der Waals surface area contributed by atoms with Crippen molar-refractivity contribution in [2.45, 2.75) is 6.92 Å². The van der Waals surface area contributed by atoms with E-state index in [4.69, 9.17) is 9.90 Å². The van der Waals surface area contributed by atoms with Crippen LogP contribution in [0.15, 0.2) is 30.3 Å². The van der Waals surface area contributed by atoms with Gasteiger partial charge in [0.25, 0.3) is 5.97 Å². The Bertz CT molecular complexity index is 144. The summed E-state index contributed by atoms with van der Waals surface area (Å²) in [6.07, 6.45) is 0. The van der Waals surface area contributed by atoms with Gasteiger partial charge in [-0.3, -0.25) is 4.79 Å². The fraction of sp³-hybridized carbons (Fsp3) is 0.125. The van der Waals surface area contributed by atoms with E-state index < -0.39 is 5.97 Å². The van der Waals surface area contributed by atoms with Crippen LogP contribution in [0.25, 0.3) is 0 Å². The van der Waals surface area contributed by atoms with Gasteiger partial charge in [0.2, 0.25) is 0 Å². The quantitative estimate of drug-likeness (QED) is 0.556. The van der Waals surface area contributed by atoms with Crippen LogP contribution >= 0.6 is 0 Å². The van der Waals surface area contributed by atoms with Crippen LogP contribution in [0, 0.1) is 6.07 Å². The number of carboxylic acid groups (broad SMARTS) is 1. The molecule has 3 heteroatoms. The summed E-state index contributed by atoms with van der Waals surface area (Å²) in [6, 6.07) is 12.5. The van der Waals surface area contributed by atoms with Crippen LogP contribution in [0.5, 0.6) is 0 Å². The van der Waals surface area contributed by atoms with Crippen LogP contribution < -0.4 is 0 Å². The van der Waals surface area contributed by atoms with Gasteiger partial charge in [-0.2, -0.15) is 36.4 Å². The molecule has 0 aliphatic heterocycles. The van der Waals surface area contributed by atoms with E-state index >= 15 is 0 Å². The van der Waals surface area contributed by atoms with Gasteiger partial charge < -0.3 is 5.11 Å². The third-order valence-electron chi connectivity index (χ3n) is 0.607. The molecule has 64 valence electrons. The van der Waals surface area contributed by atoms with E-state index in [9.17, 15) is 0 Å². The maximum atomic E-state index is 9.00. The Morgan fingerprint density at radius 3 is 1.73 bits per heavy atom. The molecule has 0 amide bonds. The summed E-state index contributed by atoms with van der Waals surface area (Å²) in [5.41, 5.74) is 0. The Morgan fingerprint density at radius 2 is 1.64 bits per heavy atom.